The van der Waals surface area contributed by atoms with Gasteiger partial charge in [-0.15, -0.1) is 0 Å². The molecule has 0 saturated carbocycles. The summed E-state index contributed by atoms with van der Waals surface area (Å²) in [7, 11) is 0. The van der Waals surface area contributed by atoms with Gasteiger partial charge in [0, 0.05) is 23.6 Å². The molecule has 1 aromatic heterocycles. The van der Waals surface area contributed by atoms with Gasteiger partial charge in [-0.2, -0.15) is 0 Å². The van der Waals surface area contributed by atoms with Gasteiger partial charge in [0.2, 0.25) is 5.95 Å². The van der Waals surface area contributed by atoms with E-state index < -0.39 is 0 Å². The third-order valence-corrected chi connectivity index (χ3v) is 3.41. The lowest BCUT2D eigenvalue weighted by Crippen LogP contribution is -2.27. The highest BCUT2D eigenvalue weighted by molar-refractivity contribution is 6.03. The Balaban J connectivity index is 2.04. The van der Waals surface area contributed by atoms with E-state index in [9.17, 15) is 4.79 Å². The fourth-order valence-electron chi connectivity index (χ4n) is 2.10. The van der Waals surface area contributed by atoms with Gasteiger partial charge in [-0.3, -0.25) is 4.79 Å². The van der Waals surface area contributed by atoms with E-state index in [1.54, 1.807) is 0 Å². The molecule has 5 nitrogen and oxygen atoms in total. The molecule has 0 aliphatic heterocycles. The highest BCUT2D eigenvalue weighted by atomic mass is 16.1. The number of hydrogen-bond acceptors (Lipinski definition) is 4. The van der Waals surface area contributed by atoms with Gasteiger partial charge in [-0.25, -0.2) is 9.97 Å². The molecule has 2 aromatic rings. The van der Waals surface area contributed by atoms with Crippen LogP contribution in [0.4, 0.5) is 11.6 Å². The van der Waals surface area contributed by atoms with E-state index >= 15 is 0 Å². The normalized spacial score (nSPS) is 11.9. The van der Waals surface area contributed by atoms with Crippen molar-refractivity contribution in [1.29, 1.82) is 0 Å². The van der Waals surface area contributed by atoms with Crippen molar-refractivity contribution in [1.82, 2.24) is 9.97 Å². The van der Waals surface area contributed by atoms with E-state index in [2.05, 4.69) is 41.4 Å². The zero-order valence-corrected chi connectivity index (χ0v) is 15.3. The summed E-state index contributed by atoms with van der Waals surface area (Å²) in [5.74, 6) is 0.286. The van der Waals surface area contributed by atoms with Gasteiger partial charge in [0.25, 0.3) is 5.91 Å². The SMILES string of the molecule is CC(C)(C)Nc1ncc(C(=O)Nc2ccc(C(C)(C)C)cc2)cn1. The van der Waals surface area contributed by atoms with Crippen molar-refractivity contribution in [3.63, 3.8) is 0 Å². The molecule has 0 aliphatic carbocycles. The average Bonchev–Trinajstić information content (AvgIpc) is 2.46. The molecule has 1 heterocycles. The van der Waals surface area contributed by atoms with Crippen molar-refractivity contribution in [2.24, 2.45) is 0 Å². The fraction of sp³-hybridized carbons (Fsp3) is 0.421. The van der Waals surface area contributed by atoms with E-state index in [1.165, 1.54) is 18.0 Å². The molecule has 1 aromatic carbocycles. The molecule has 2 rings (SSSR count). The third-order valence-electron chi connectivity index (χ3n) is 3.41. The Morgan fingerprint density at radius 1 is 0.917 bits per heavy atom. The molecule has 128 valence electrons. The largest absolute Gasteiger partial charge is 0.350 e. The molecule has 0 fully saturated rings. The zero-order valence-electron chi connectivity index (χ0n) is 15.3. The summed E-state index contributed by atoms with van der Waals surface area (Å²) in [6.45, 7) is 12.6. The summed E-state index contributed by atoms with van der Waals surface area (Å²) in [4.78, 5) is 20.7. The van der Waals surface area contributed by atoms with E-state index in [1.807, 2.05) is 45.0 Å². The molecule has 5 heteroatoms. The lowest BCUT2D eigenvalue weighted by atomic mass is 9.87. The Hall–Kier alpha value is -2.43. The minimum atomic E-state index is -0.221. The van der Waals surface area contributed by atoms with Crippen LogP contribution in [0.3, 0.4) is 0 Å². The van der Waals surface area contributed by atoms with Crippen LogP contribution in [0.15, 0.2) is 36.7 Å². The number of hydrogen-bond donors (Lipinski definition) is 2. The Labute approximate surface area is 143 Å². The number of carbonyl (C=O) groups is 1. The van der Waals surface area contributed by atoms with Crippen LogP contribution in [0.1, 0.15) is 57.5 Å². The van der Waals surface area contributed by atoms with Crippen LogP contribution in [0.5, 0.6) is 0 Å². The van der Waals surface area contributed by atoms with Gasteiger partial charge in [0.15, 0.2) is 0 Å². The fourth-order valence-corrected chi connectivity index (χ4v) is 2.10. The molecule has 0 saturated heterocycles. The molecule has 0 radical (unpaired) electrons. The molecule has 24 heavy (non-hydrogen) atoms. The second-order valence-corrected chi connectivity index (χ2v) is 7.95. The van der Waals surface area contributed by atoms with Crippen LogP contribution in [0.2, 0.25) is 0 Å². The number of amides is 1. The molecule has 0 bridgehead atoms. The first-order chi connectivity index (χ1) is 11.0. The summed E-state index contributed by atoms with van der Waals surface area (Å²) >= 11 is 0. The second-order valence-electron chi connectivity index (χ2n) is 7.95. The van der Waals surface area contributed by atoms with Crippen LogP contribution in [-0.4, -0.2) is 21.4 Å². The van der Waals surface area contributed by atoms with Crippen LogP contribution >= 0.6 is 0 Å². The molecule has 0 aliphatic rings. The van der Waals surface area contributed by atoms with Gasteiger partial charge >= 0.3 is 0 Å². The van der Waals surface area contributed by atoms with Gasteiger partial charge in [-0.05, 0) is 43.9 Å². The predicted octanol–water partition coefficient (Wildman–Crippen LogP) is 4.24. The molecule has 0 unspecified atom stereocenters. The standard InChI is InChI=1S/C19H26N4O/c1-18(2,3)14-7-9-15(10-8-14)22-16(24)13-11-20-17(21-12-13)23-19(4,5)6/h7-12H,1-6H3,(H,22,24)(H,20,21,23). The zero-order chi connectivity index (χ0) is 18.0. The Morgan fingerprint density at radius 2 is 1.46 bits per heavy atom. The quantitative estimate of drug-likeness (QED) is 0.885. The predicted molar refractivity (Wildman–Crippen MR) is 98.5 cm³/mol. The lowest BCUT2D eigenvalue weighted by molar-refractivity contribution is 0.102. The molecular formula is C19H26N4O. The van der Waals surface area contributed by atoms with E-state index in [0.29, 0.717) is 11.5 Å². The summed E-state index contributed by atoms with van der Waals surface area (Å²) in [5, 5.41) is 6.03. The maximum atomic E-state index is 12.3. The Morgan fingerprint density at radius 3 is 1.92 bits per heavy atom. The maximum absolute atomic E-state index is 12.3. The molecule has 1 amide bonds. The van der Waals surface area contributed by atoms with Crippen molar-refractivity contribution in [2.45, 2.75) is 52.5 Å². The molecule has 0 atom stereocenters. The number of anilines is 2. The first-order valence-electron chi connectivity index (χ1n) is 8.07. The van der Waals surface area contributed by atoms with Crippen molar-refractivity contribution >= 4 is 17.5 Å². The lowest BCUT2D eigenvalue weighted by Gasteiger charge is -2.20. The summed E-state index contributed by atoms with van der Waals surface area (Å²) in [6.07, 6.45) is 3.06. The molecular weight excluding hydrogens is 300 g/mol. The van der Waals surface area contributed by atoms with E-state index in [-0.39, 0.29) is 16.9 Å². The van der Waals surface area contributed by atoms with Crippen LogP contribution in [0, 0.1) is 0 Å². The van der Waals surface area contributed by atoms with Gasteiger partial charge in [0.1, 0.15) is 0 Å². The second kappa shape index (κ2) is 6.59. The van der Waals surface area contributed by atoms with Gasteiger partial charge < -0.3 is 10.6 Å². The maximum Gasteiger partial charge on any atom is 0.258 e. The number of rotatable bonds is 3. The summed E-state index contributed by atoms with van der Waals surface area (Å²) in [6, 6.07) is 7.88. The van der Waals surface area contributed by atoms with Crippen molar-refractivity contribution in [3.8, 4) is 0 Å². The van der Waals surface area contributed by atoms with Gasteiger partial charge in [-0.1, -0.05) is 32.9 Å². The monoisotopic (exact) mass is 326 g/mol. The topological polar surface area (TPSA) is 66.9 Å². The Kier molecular flexibility index (Phi) is 4.92. The molecule has 0 spiro atoms. The third kappa shape index (κ3) is 5.05. The van der Waals surface area contributed by atoms with Crippen molar-refractivity contribution in [2.75, 3.05) is 10.6 Å². The summed E-state index contributed by atoms with van der Waals surface area (Å²) < 4.78 is 0. The minimum absolute atomic E-state index is 0.0895. The number of nitrogens with one attached hydrogen (secondary N) is 2. The smallest absolute Gasteiger partial charge is 0.258 e. The van der Waals surface area contributed by atoms with Crippen molar-refractivity contribution < 1.29 is 4.79 Å². The van der Waals surface area contributed by atoms with E-state index in [0.717, 1.165) is 5.69 Å². The number of carbonyl (C=O) groups excluding carboxylic acids is 1. The van der Waals surface area contributed by atoms with E-state index in [4.69, 9.17) is 0 Å². The highest BCUT2D eigenvalue weighted by Gasteiger charge is 2.14. The van der Waals surface area contributed by atoms with Crippen LogP contribution in [-0.2, 0) is 5.41 Å². The first kappa shape index (κ1) is 17.9. The van der Waals surface area contributed by atoms with Crippen LogP contribution in [0.25, 0.3) is 0 Å². The first-order valence-corrected chi connectivity index (χ1v) is 8.07. The average molecular weight is 326 g/mol. The number of nitrogens with zero attached hydrogens (tertiary/aromatic N) is 2. The molecule has 2 N–H and O–H groups in total. The number of aromatic nitrogens is 2. The van der Waals surface area contributed by atoms with Crippen LogP contribution < -0.4 is 10.6 Å². The minimum Gasteiger partial charge on any atom is -0.350 e. The summed E-state index contributed by atoms with van der Waals surface area (Å²) in [5.41, 5.74) is 2.37. The van der Waals surface area contributed by atoms with Crippen molar-refractivity contribution in [3.05, 3.63) is 47.8 Å². The Bertz CT molecular complexity index is 692. The number of benzene rings is 1. The van der Waals surface area contributed by atoms with Gasteiger partial charge in [0.05, 0.1) is 5.56 Å². The highest BCUT2D eigenvalue weighted by Crippen LogP contribution is 2.23.